The molecule has 0 radical (unpaired) electrons. The van der Waals surface area contributed by atoms with Gasteiger partial charge in [0, 0.05) is 28.1 Å². The fraction of sp³-hybridized carbons (Fsp3) is 0.619. The second kappa shape index (κ2) is 10.3. The second-order valence-electron chi connectivity index (χ2n) is 8.99. The van der Waals surface area contributed by atoms with Gasteiger partial charge in [0.1, 0.15) is 5.76 Å². The molecule has 4 N–H and O–H groups in total. The van der Waals surface area contributed by atoms with Gasteiger partial charge in [-0.3, -0.25) is 0 Å². The molecule has 34 heavy (non-hydrogen) atoms. The Morgan fingerprint density at radius 2 is 2.00 bits per heavy atom. The third-order valence-electron chi connectivity index (χ3n) is 6.25. The summed E-state index contributed by atoms with van der Waals surface area (Å²) in [7, 11) is -3.86. The van der Waals surface area contributed by atoms with Gasteiger partial charge in [-0.15, -0.1) is 23.1 Å². The van der Waals surface area contributed by atoms with E-state index >= 15 is 0 Å². The van der Waals surface area contributed by atoms with Crippen LogP contribution >= 0.6 is 34.8 Å². The van der Waals surface area contributed by atoms with E-state index in [1.54, 1.807) is 11.3 Å². The van der Waals surface area contributed by atoms with Crippen molar-refractivity contribution in [1.82, 2.24) is 13.1 Å². The first-order valence-corrected chi connectivity index (χ1v) is 15.2. The van der Waals surface area contributed by atoms with E-state index < -0.39 is 22.1 Å². The number of nitrogens with zero attached hydrogens (tertiary/aromatic N) is 3. The molecule has 0 bridgehead atoms. The van der Waals surface area contributed by atoms with Gasteiger partial charge in [0.05, 0.1) is 30.4 Å². The normalized spacial score (nSPS) is 22.6. The number of hydrogen-bond donors (Lipinski definition) is 4. The SMILES string of the molecule is Cc1cc([C@H](Nc2nsnc2NC2CSC(S(=O)(=O)N3CCCC3CO)=C2O)C(C)C)sc1C. The maximum atomic E-state index is 13.1. The average molecular weight is 546 g/mol. The summed E-state index contributed by atoms with van der Waals surface area (Å²) in [4.78, 5) is 2.51. The molecule has 2 aliphatic rings. The minimum absolute atomic E-state index is 0.0467. The Labute approximate surface area is 213 Å². The van der Waals surface area contributed by atoms with Gasteiger partial charge in [0.25, 0.3) is 10.0 Å². The molecule has 1 fully saturated rings. The van der Waals surface area contributed by atoms with E-state index in [0.29, 0.717) is 42.7 Å². The third-order valence-corrected chi connectivity index (χ3v) is 11.7. The first-order valence-electron chi connectivity index (χ1n) is 11.2. The molecule has 4 heterocycles. The summed E-state index contributed by atoms with van der Waals surface area (Å²) in [6.07, 6.45) is 1.32. The lowest BCUT2D eigenvalue weighted by Crippen LogP contribution is -2.38. The Morgan fingerprint density at radius 1 is 1.26 bits per heavy atom. The molecule has 13 heteroatoms. The molecule has 9 nitrogen and oxygen atoms in total. The van der Waals surface area contributed by atoms with Crippen LogP contribution in [0, 0.1) is 19.8 Å². The van der Waals surface area contributed by atoms with Crippen molar-refractivity contribution >= 4 is 56.5 Å². The molecule has 4 rings (SSSR count). The number of nitrogens with one attached hydrogen (secondary N) is 2. The zero-order chi connectivity index (χ0) is 24.6. The van der Waals surface area contributed by atoms with Gasteiger partial charge in [0.15, 0.2) is 15.9 Å². The molecule has 0 saturated carbocycles. The molecule has 2 aromatic heterocycles. The van der Waals surface area contributed by atoms with Crippen molar-refractivity contribution in [3.8, 4) is 0 Å². The monoisotopic (exact) mass is 545 g/mol. The number of aryl methyl sites for hydroxylation is 2. The predicted molar refractivity (Wildman–Crippen MR) is 140 cm³/mol. The summed E-state index contributed by atoms with van der Waals surface area (Å²) in [6.45, 7) is 8.64. The lowest BCUT2D eigenvalue weighted by molar-refractivity contribution is 0.214. The summed E-state index contributed by atoms with van der Waals surface area (Å²) in [5.74, 6) is 1.52. The highest BCUT2D eigenvalue weighted by atomic mass is 32.3. The van der Waals surface area contributed by atoms with E-state index in [2.05, 4.69) is 53.1 Å². The molecule has 2 aliphatic heterocycles. The van der Waals surface area contributed by atoms with E-state index in [1.807, 2.05) is 0 Å². The van der Waals surface area contributed by atoms with Crippen LogP contribution in [0.4, 0.5) is 11.6 Å². The maximum Gasteiger partial charge on any atom is 0.252 e. The number of thiophene rings is 1. The highest BCUT2D eigenvalue weighted by molar-refractivity contribution is 8.18. The van der Waals surface area contributed by atoms with Crippen LogP contribution in [0.5, 0.6) is 0 Å². The second-order valence-corrected chi connectivity index (χ2v) is 13.9. The minimum atomic E-state index is -3.86. The maximum absolute atomic E-state index is 13.1. The average Bonchev–Trinajstić information content (AvgIpc) is 3.56. The van der Waals surface area contributed by atoms with Crippen molar-refractivity contribution in [3.63, 3.8) is 0 Å². The Balaban J connectivity index is 1.52. The smallest absolute Gasteiger partial charge is 0.252 e. The van der Waals surface area contributed by atoms with Gasteiger partial charge >= 0.3 is 0 Å². The molecular formula is C21H31N5O4S4. The predicted octanol–water partition coefficient (Wildman–Crippen LogP) is 4.07. The number of anilines is 2. The number of aliphatic hydroxyl groups is 2. The molecule has 0 aromatic carbocycles. The number of aliphatic hydroxyl groups excluding tert-OH is 2. The van der Waals surface area contributed by atoms with Crippen LogP contribution in [0.15, 0.2) is 16.1 Å². The molecule has 188 valence electrons. The highest BCUT2D eigenvalue weighted by Crippen LogP contribution is 2.40. The molecular weight excluding hydrogens is 515 g/mol. The standard InChI is InChI=1S/C21H31N5O4S4/c1-11(2)17(16-8-12(3)13(4)32-16)23-20-19(24-33-25-20)22-15-10-31-21(18(15)28)34(29,30)26-7-5-6-14(26)9-27/h8,11,14-15,17,27-28H,5-7,9-10H2,1-4H3,(H,22,24)(H,23,25)/t14?,15?,17-/m1/s1. The van der Waals surface area contributed by atoms with Crippen LogP contribution in [0.25, 0.3) is 0 Å². The van der Waals surface area contributed by atoms with Gasteiger partial charge in [-0.1, -0.05) is 13.8 Å². The highest BCUT2D eigenvalue weighted by Gasteiger charge is 2.42. The largest absolute Gasteiger partial charge is 0.508 e. The van der Waals surface area contributed by atoms with Crippen molar-refractivity contribution in [3.05, 3.63) is 31.4 Å². The van der Waals surface area contributed by atoms with E-state index in [-0.39, 0.29) is 22.6 Å². The van der Waals surface area contributed by atoms with Crippen molar-refractivity contribution in [2.24, 2.45) is 5.92 Å². The van der Waals surface area contributed by atoms with Gasteiger partial charge in [-0.05, 0) is 44.2 Å². The summed E-state index contributed by atoms with van der Waals surface area (Å²) in [5, 5.41) is 27.1. The molecule has 2 aromatic rings. The van der Waals surface area contributed by atoms with Crippen LogP contribution in [0.2, 0.25) is 0 Å². The van der Waals surface area contributed by atoms with E-state index in [0.717, 1.165) is 23.5 Å². The number of hydrogen-bond acceptors (Lipinski definition) is 11. The number of sulfonamides is 1. The first kappa shape index (κ1) is 25.7. The number of thioether (sulfide) groups is 1. The molecule has 1 saturated heterocycles. The summed E-state index contributed by atoms with van der Waals surface area (Å²) in [5.41, 5.74) is 1.26. The first-order chi connectivity index (χ1) is 16.1. The molecule has 2 unspecified atom stereocenters. The molecule has 0 aliphatic carbocycles. The van der Waals surface area contributed by atoms with Crippen LogP contribution < -0.4 is 10.6 Å². The quantitative estimate of drug-likeness (QED) is 0.369. The van der Waals surface area contributed by atoms with Crippen molar-refractivity contribution in [2.45, 2.75) is 58.7 Å². The van der Waals surface area contributed by atoms with Crippen LogP contribution in [-0.2, 0) is 10.0 Å². The summed E-state index contributed by atoms with van der Waals surface area (Å²) in [6, 6.07) is 1.21. The Kier molecular flexibility index (Phi) is 7.80. The summed E-state index contributed by atoms with van der Waals surface area (Å²) >= 11 is 3.92. The van der Waals surface area contributed by atoms with Crippen molar-refractivity contribution in [2.75, 3.05) is 29.5 Å². The van der Waals surface area contributed by atoms with Gasteiger partial charge in [-0.25, -0.2) is 8.42 Å². The van der Waals surface area contributed by atoms with Crippen molar-refractivity contribution < 1.29 is 18.6 Å². The molecule has 3 atom stereocenters. The van der Waals surface area contributed by atoms with Gasteiger partial charge < -0.3 is 20.8 Å². The lowest BCUT2D eigenvalue weighted by atomic mass is 10.0. The Morgan fingerprint density at radius 3 is 2.65 bits per heavy atom. The molecule has 0 spiro atoms. The lowest BCUT2D eigenvalue weighted by Gasteiger charge is -2.23. The fourth-order valence-electron chi connectivity index (χ4n) is 4.20. The van der Waals surface area contributed by atoms with Gasteiger partial charge in [0.2, 0.25) is 0 Å². The Hall–Kier alpha value is -1.38. The van der Waals surface area contributed by atoms with E-state index in [4.69, 9.17) is 0 Å². The number of rotatable bonds is 9. The minimum Gasteiger partial charge on any atom is -0.508 e. The van der Waals surface area contributed by atoms with Gasteiger partial charge in [-0.2, -0.15) is 13.1 Å². The van der Waals surface area contributed by atoms with Crippen molar-refractivity contribution in [1.29, 1.82) is 0 Å². The third kappa shape index (κ3) is 4.96. The fourth-order valence-corrected chi connectivity index (χ4v) is 9.44. The number of aromatic nitrogens is 2. The van der Waals surface area contributed by atoms with Crippen LogP contribution in [0.3, 0.4) is 0 Å². The van der Waals surface area contributed by atoms with E-state index in [1.165, 1.54) is 19.6 Å². The Bertz CT molecular complexity index is 1140. The molecule has 0 amide bonds. The zero-order valence-electron chi connectivity index (χ0n) is 19.6. The topological polar surface area (TPSA) is 128 Å². The van der Waals surface area contributed by atoms with E-state index in [9.17, 15) is 18.6 Å². The summed E-state index contributed by atoms with van der Waals surface area (Å²) < 4.78 is 36.3. The zero-order valence-corrected chi connectivity index (χ0v) is 22.9. The van der Waals surface area contributed by atoms with Crippen LogP contribution in [-0.4, -0.2) is 62.7 Å². The van der Waals surface area contributed by atoms with Crippen LogP contribution in [0.1, 0.15) is 48.0 Å².